The van der Waals surface area contributed by atoms with Gasteiger partial charge in [0.25, 0.3) is 0 Å². The highest BCUT2D eigenvalue weighted by Crippen LogP contribution is 2.37. The molecule has 19 heavy (non-hydrogen) atoms. The normalized spacial score (nSPS) is 12.1. The third kappa shape index (κ3) is 3.75. The van der Waals surface area contributed by atoms with Crippen molar-refractivity contribution in [3.8, 4) is 0 Å². The minimum atomic E-state index is -0.242. The van der Waals surface area contributed by atoms with Gasteiger partial charge >= 0.3 is 0 Å². The molecule has 4 nitrogen and oxygen atoms in total. The summed E-state index contributed by atoms with van der Waals surface area (Å²) in [7, 11) is 3.66. The molecule has 0 saturated heterocycles. The number of rotatable bonds is 9. The van der Waals surface area contributed by atoms with Crippen LogP contribution in [-0.4, -0.2) is 25.7 Å². The number of methoxy groups -OCH3 is 1. The maximum Gasteiger partial charge on any atom is 0.125 e. The molecule has 5 heteroatoms. The number of nitrogens with zero attached hydrogens (tertiary/aromatic N) is 1. The Balaban J connectivity index is 3.12. The Morgan fingerprint density at radius 3 is 2.42 bits per heavy atom. The van der Waals surface area contributed by atoms with Gasteiger partial charge in [0.15, 0.2) is 0 Å². The summed E-state index contributed by atoms with van der Waals surface area (Å²) in [6.07, 6.45) is 1.88. The lowest BCUT2D eigenvalue weighted by molar-refractivity contribution is -0.0508. The molecule has 0 unspecified atom stereocenters. The van der Waals surface area contributed by atoms with Crippen LogP contribution in [0.2, 0.25) is 0 Å². The Morgan fingerprint density at radius 2 is 1.95 bits per heavy atom. The summed E-state index contributed by atoms with van der Waals surface area (Å²) in [6.45, 7) is 8.46. The second kappa shape index (κ2) is 7.94. The van der Waals surface area contributed by atoms with Crippen LogP contribution in [0, 0.1) is 0 Å². The number of hydrogen-bond acceptors (Lipinski definition) is 5. The smallest absolute Gasteiger partial charge is 0.125 e. The summed E-state index contributed by atoms with van der Waals surface area (Å²) >= 11 is 1.74. The molecule has 0 atom stereocenters. The standard InChI is InChI=1S/C14H26N2O2S/c1-6-14(7-2,18-8-3)13-16-11(10-17-5)12(19-13)9-15-4/h15H,6-10H2,1-5H3. The molecule has 1 aromatic heterocycles. The molecule has 110 valence electrons. The Bertz CT molecular complexity index is 352. The third-order valence-corrected chi connectivity index (χ3v) is 4.63. The van der Waals surface area contributed by atoms with Crippen molar-refractivity contribution >= 4 is 11.3 Å². The van der Waals surface area contributed by atoms with Gasteiger partial charge in [0.2, 0.25) is 0 Å². The SMILES string of the molecule is CCOC(CC)(CC)c1nc(COC)c(CNC)s1. The molecule has 1 heterocycles. The van der Waals surface area contributed by atoms with Crippen LogP contribution in [0.4, 0.5) is 0 Å². The fourth-order valence-corrected chi connectivity index (χ4v) is 3.58. The lowest BCUT2D eigenvalue weighted by Gasteiger charge is -2.29. The van der Waals surface area contributed by atoms with Crippen molar-refractivity contribution in [2.45, 2.75) is 52.4 Å². The van der Waals surface area contributed by atoms with Crippen molar-refractivity contribution in [1.82, 2.24) is 10.3 Å². The van der Waals surface area contributed by atoms with Crippen LogP contribution in [0.25, 0.3) is 0 Å². The second-order valence-corrected chi connectivity index (χ2v) is 5.57. The van der Waals surface area contributed by atoms with Gasteiger partial charge in [0.1, 0.15) is 10.6 Å². The van der Waals surface area contributed by atoms with Gasteiger partial charge in [-0.05, 0) is 26.8 Å². The van der Waals surface area contributed by atoms with E-state index in [0.29, 0.717) is 13.2 Å². The van der Waals surface area contributed by atoms with Gasteiger partial charge in [0, 0.05) is 25.1 Å². The fourth-order valence-electron chi connectivity index (χ4n) is 2.22. The predicted molar refractivity (Wildman–Crippen MR) is 79.5 cm³/mol. The van der Waals surface area contributed by atoms with Gasteiger partial charge in [0.05, 0.1) is 12.3 Å². The lowest BCUT2D eigenvalue weighted by atomic mass is 9.98. The first-order valence-corrected chi connectivity index (χ1v) is 7.75. The van der Waals surface area contributed by atoms with Crippen LogP contribution in [0.15, 0.2) is 0 Å². The van der Waals surface area contributed by atoms with Gasteiger partial charge in [-0.2, -0.15) is 0 Å². The molecule has 0 aliphatic carbocycles. The number of aromatic nitrogens is 1. The molecule has 0 spiro atoms. The van der Waals surface area contributed by atoms with Crippen LogP contribution in [0.5, 0.6) is 0 Å². The van der Waals surface area contributed by atoms with Crippen molar-refractivity contribution in [3.05, 3.63) is 15.6 Å². The minimum Gasteiger partial charge on any atom is -0.378 e. The first-order chi connectivity index (χ1) is 9.17. The largest absolute Gasteiger partial charge is 0.378 e. The highest BCUT2D eigenvalue weighted by Gasteiger charge is 2.33. The fraction of sp³-hybridized carbons (Fsp3) is 0.786. The molecule has 1 rings (SSSR count). The molecular formula is C14H26N2O2S. The van der Waals surface area contributed by atoms with Crippen LogP contribution in [0.1, 0.15) is 49.2 Å². The monoisotopic (exact) mass is 286 g/mol. The van der Waals surface area contributed by atoms with Crippen molar-refractivity contribution in [2.24, 2.45) is 0 Å². The molecule has 0 aliphatic rings. The summed E-state index contributed by atoms with van der Waals surface area (Å²) in [5.41, 5.74) is 0.788. The van der Waals surface area contributed by atoms with E-state index >= 15 is 0 Å². The van der Waals surface area contributed by atoms with Gasteiger partial charge < -0.3 is 14.8 Å². The first kappa shape index (κ1) is 16.6. The van der Waals surface area contributed by atoms with Crippen LogP contribution < -0.4 is 5.32 Å². The average molecular weight is 286 g/mol. The number of thiazole rings is 1. The molecule has 1 N–H and O–H groups in total. The third-order valence-electron chi connectivity index (χ3n) is 3.35. The van der Waals surface area contributed by atoms with E-state index in [0.717, 1.165) is 30.1 Å². The number of ether oxygens (including phenoxy) is 2. The summed E-state index contributed by atoms with van der Waals surface area (Å²) in [5.74, 6) is 0. The first-order valence-electron chi connectivity index (χ1n) is 6.93. The Kier molecular flexibility index (Phi) is 6.93. The van der Waals surface area contributed by atoms with E-state index in [4.69, 9.17) is 14.5 Å². The van der Waals surface area contributed by atoms with E-state index in [9.17, 15) is 0 Å². The quantitative estimate of drug-likeness (QED) is 0.757. The van der Waals surface area contributed by atoms with E-state index < -0.39 is 0 Å². The number of nitrogens with one attached hydrogen (secondary N) is 1. The Hall–Kier alpha value is -0.490. The number of hydrogen-bond donors (Lipinski definition) is 1. The van der Waals surface area contributed by atoms with Crippen molar-refractivity contribution < 1.29 is 9.47 Å². The van der Waals surface area contributed by atoms with Crippen LogP contribution >= 0.6 is 11.3 Å². The zero-order valence-corrected chi connectivity index (χ0v) is 13.5. The van der Waals surface area contributed by atoms with E-state index in [1.807, 2.05) is 14.0 Å². The maximum atomic E-state index is 6.03. The van der Waals surface area contributed by atoms with Crippen molar-refractivity contribution in [3.63, 3.8) is 0 Å². The predicted octanol–water partition coefficient (Wildman–Crippen LogP) is 3.06. The van der Waals surface area contributed by atoms with Gasteiger partial charge in [-0.25, -0.2) is 4.98 Å². The van der Waals surface area contributed by atoms with Crippen LogP contribution in [-0.2, 0) is 28.2 Å². The topological polar surface area (TPSA) is 43.4 Å². The summed E-state index contributed by atoms with van der Waals surface area (Å²) < 4.78 is 11.3. The zero-order chi connectivity index (χ0) is 14.3. The van der Waals surface area contributed by atoms with Crippen molar-refractivity contribution in [1.29, 1.82) is 0 Å². The molecule has 0 amide bonds. The lowest BCUT2D eigenvalue weighted by Crippen LogP contribution is -2.28. The summed E-state index contributed by atoms with van der Waals surface area (Å²) in [4.78, 5) is 6.02. The van der Waals surface area contributed by atoms with Crippen LogP contribution in [0.3, 0.4) is 0 Å². The molecule has 0 radical (unpaired) electrons. The van der Waals surface area contributed by atoms with Crippen molar-refractivity contribution in [2.75, 3.05) is 20.8 Å². The summed E-state index contributed by atoms with van der Waals surface area (Å²) in [5, 5.41) is 4.27. The Morgan fingerprint density at radius 1 is 1.26 bits per heavy atom. The van der Waals surface area contributed by atoms with E-state index in [1.165, 1.54) is 4.88 Å². The van der Waals surface area contributed by atoms with Gasteiger partial charge in [-0.1, -0.05) is 13.8 Å². The van der Waals surface area contributed by atoms with E-state index in [-0.39, 0.29) is 5.60 Å². The molecule has 1 aromatic rings. The maximum absolute atomic E-state index is 6.03. The average Bonchev–Trinajstić information content (AvgIpc) is 2.81. The molecular weight excluding hydrogens is 260 g/mol. The molecule has 0 saturated carbocycles. The van der Waals surface area contributed by atoms with Gasteiger partial charge in [-0.3, -0.25) is 0 Å². The highest BCUT2D eigenvalue weighted by atomic mass is 32.1. The molecule has 0 aromatic carbocycles. The minimum absolute atomic E-state index is 0.242. The molecule has 0 bridgehead atoms. The Labute approximate surface area is 120 Å². The highest BCUT2D eigenvalue weighted by molar-refractivity contribution is 7.11. The molecule has 0 fully saturated rings. The van der Waals surface area contributed by atoms with E-state index in [2.05, 4.69) is 19.2 Å². The van der Waals surface area contributed by atoms with E-state index in [1.54, 1.807) is 18.4 Å². The summed E-state index contributed by atoms with van der Waals surface area (Å²) in [6, 6.07) is 0. The second-order valence-electron chi connectivity index (χ2n) is 4.49. The zero-order valence-electron chi connectivity index (χ0n) is 12.7. The molecule has 0 aliphatic heterocycles. The van der Waals surface area contributed by atoms with Gasteiger partial charge in [-0.15, -0.1) is 11.3 Å².